The molecule has 3 aromatic rings. The number of carbonyl (C=O) groups is 1. The van der Waals surface area contributed by atoms with Crippen LogP contribution in [0.25, 0.3) is 11.4 Å². The van der Waals surface area contributed by atoms with E-state index in [1.807, 2.05) is 0 Å². The third kappa shape index (κ3) is 4.65. The van der Waals surface area contributed by atoms with Crippen LogP contribution in [0, 0.1) is 0 Å². The lowest BCUT2D eigenvalue weighted by molar-refractivity contribution is -0.207. The summed E-state index contributed by atoms with van der Waals surface area (Å²) in [5.74, 6) is -1.16. The minimum atomic E-state index is -4.93. The van der Waals surface area contributed by atoms with E-state index in [-0.39, 0.29) is 24.0 Å². The van der Waals surface area contributed by atoms with E-state index in [0.717, 1.165) is 7.58 Å². The molecule has 2 heterocycles. The lowest BCUT2D eigenvalue weighted by atomic mass is 10.2. The number of amides is 1. The predicted octanol–water partition coefficient (Wildman–Crippen LogP) is 1.23. The van der Waals surface area contributed by atoms with Gasteiger partial charge in [0.25, 0.3) is 5.91 Å². The predicted molar refractivity (Wildman–Crippen MR) is 106 cm³/mol. The number of alkyl halides is 3. The maximum absolute atomic E-state index is 12.9. The Kier molecular flexibility index (Phi) is 6.19. The number of benzene rings is 1. The van der Waals surface area contributed by atoms with Crippen LogP contribution in [-0.4, -0.2) is 50.6 Å². The van der Waals surface area contributed by atoms with E-state index in [4.69, 9.17) is 17.3 Å². The summed E-state index contributed by atoms with van der Waals surface area (Å²) in [4.78, 5) is 27.9. The van der Waals surface area contributed by atoms with Crippen molar-refractivity contribution in [1.29, 1.82) is 0 Å². The molecule has 0 radical (unpaired) electrons. The molecule has 1 atom stereocenters. The number of aliphatic hydroxyl groups is 1. The average molecular weight is 558 g/mol. The van der Waals surface area contributed by atoms with Crippen molar-refractivity contribution in [1.82, 2.24) is 27.3 Å². The number of aliphatic hydroxyl groups excluding tert-OH is 1. The Morgan fingerprint density at radius 2 is 1.90 bits per heavy atom. The molecule has 0 aliphatic heterocycles. The summed E-state index contributed by atoms with van der Waals surface area (Å²) in [5, 5.41) is 17.8. The fraction of sp³-hybridized carbons (Fsp3) is 0.267. The Bertz CT molecular complexity index is 1140. The minimum Gasteiger partial charge on any atom is -0.382 e. The second-order valence-corrected chi connectivity index (χ2v) is 7.37. The van der Waals surface area contributed by atoms with Gasteiger partial charge in [-0.15, -0.1) is 10.2 Å². The zero-order chi connectivity index (χ0) is 22.2. The van der Waals surface area contributed by atoms with Gasteiger partial charge in [0.1, 0.15) is 6.54 Å². The smallest absolute Gasteiger partial charge is 0.382 e. The van der Waals surface area contributed by atoms with Crippen LogP contribution < -0.4 is 11.4 Å². The molecule has 1 amide bonds. The highest BCUT2D eigenvalue weighted by molar-refractivity contribution is 14.1. The summed E-state index contributed by atoms with van der Waals surface area (Å²) in [5.41, 5.74) is 4.53. The zero-order valence-corrected chi connectivity index (χ0v) is 17.6. The standard InChI is InChI=1S/C15H12ClF3IN7O3/c16-8-3-1-7(2-4-8)12-24-26(6-10-22-13(11(21)29)27(20)23-10)14(30)25(12)5-9(28)15(17,18)19/h1-4,9,28H,5-6H2,(H2,21,29). The van der Waals surface area contributed by atoms with E-state index < -0.39 is 30.4 Å². The van der Waals surface area contributed by atoms with Gasteiger partial charge in [0.05, 0.1) is 29.4 Å². The molecule has 0 bridgehead atoms. The summed E-state index contributed by atoms with van der Waals surface area (Å²) < 4.78 is 41.1. The molecule has 3 rings (SSSR count). The molecule has 0 saturated heterocycles. The molecule has 15 heteroatoms. The quantitative estimate of drug-likeness (QED) is 0.438. The second-order valence-electron chi connectivity index (χ2n) is 6.01. The van der Waals surface area contributed by atoms with E-state index in [9.17, 15) is 27.9 Å². The van der Waals surface area contributed by atoms with Crippen molar-refractivity contribution in [3.8, 4) is 11.4 Å². The summed E-state index contributed by atoms with van der Waals surface area (Å²) in [7, 11) is 0. The van der Waals surface area contributed by atoms with Crippen LogP contribution in [0.5, 0.6) is 0 Å². The Morgan fingerprint density at radius 3 is 2.43 bits per heavy atom. The van der Waals surface area contributed by atoms with Gasteiger partial charge in [0.15, 0.2) is 17.8 Å². The number of rotatable bonds is 6. The number of aromatic nitrogens is 6. The first-order chi connectivity index (χ1) is 14.0. The van der Waals surface area contributed by atoms with Crippen molar-refractivity contribution in [2.75, 3.05) is 0 Å². The first-order valence-electron chi connectivity index (χ1n) is 8.07. The topological polar surface area (TPSA) is 134 Å². The van der Waals surface area contributed by atoms with Gasteiger partial charge in [-0.3, -0.25) is 9.36 Å². The number of nitrogens with two attached hydrogens (primary N) is 1. The Morgan fingerprint density at radius 1 is 1.27 bits per heavy atom. The fourth-order valence-electron chi connectivity index (χ4n) is 2.48. The maximum Gasteiger partial charge on any atom is 0.416 e. The van der Waals surface area contributed by atoms with E-state index in [0.29, 0.717) is 15.2 Å². The van der Waals surface area contributed by atoms with Crippen molar-refractivity contribution in [2.45, 2.75) is 25.4 Å². The highest BCUT2D eigenvalue weighted by atomic mass is 127. The SMILES string of the molecule is NC(=O)c1nc(Cn2nc(-c3ccc(Cl)cc3)n(CC(O)C(F)(F)F)c2=O)nn1I. The van der Waals surface area contributed by atoms with Crippen molar-refractivity contribution in [2.24, 2.45) is 5.73 Å². The second kappa shape index (κ2) is 8.35. The molecule has 0 fully saturated rings. The lowest BCUT2D eigenvalue weighted by Crippen LogP contribution is -2.37. The lowest BCUT2D eigenvalue weighted by Gasteiger charge is -2.15. The molecule has 0 aliphatic rings. The molecular formula is C15H12ClF3IN7O3. The molecule has 1 aromatic carbocycles. The number of halogens is 5. The fourth-order valence-corrected chi connectivity index (χ4v) is 3.20. The van der Waals surface area contributed by atoms with Crippen LogP contribution >= 0.6 is 34.5 Å². The summed E-state index contributed by atoms with van der Waals surface area (Å²) in [6.45, 7) is -1.41. The van der Waals surface area contributed by atoms with E-state index >= 15 is 0 Å². The molecular weight excluding hydrogens is 546 g/mol. The Balaban J connectivity index is 2.05. The Labute approximate surface area is 184 Å². The monoisotopic (exact) mass is 557 g/mol. The molecule has 30 heavy (non-hydrogen) atoms. The first kappa shape index (κ1) is 22.2. The summed E-state index contributed by atoms with van der Waals surface area (Å²) in [6.07, 6.45) is -7.72. The van der Waals surface area contributed by atoms with Crippen LogP contribution in [0.15, 0.2) is 29.1 Å². The number of primary amides is 1. The maximum atomic E-state index is 12.9. The summed E-state index contributed by atoms with van der Waals surface area (Å²) in [6, 6.07) is 5.88. The van der Waals surface area contributed by atoms with Gasteiger partial charge in [-0.05, 0) is 24.3 Å². The van der Waals surface area contributed by atoms with Crippen molar-refractivity contribution in [3.05, 3.63) is 51.4 Å². The third-order valence-corrected chi connectivity index (χ3v) is 4.81. The largest absolute Gasteiger partial charge is 0.416 e. The zero-order valence-electron chi connectivity index (χ0n) is 14.7. The molecule has 0 spiro atoms. The van der Waals surface area contributed by atoms with Crippen LogP contribution in [0.2, 0.25) is 5.02 Å². The van der Waals surface area contributed by atoms with Crippen LogP contribution in [0.1, 0.15) is 16.4 Å². The van der Waals surface area contributed by atoms with Gasteiger partial charge < -0.3 is 10.8 Å². The highest BCUT2D eigenvalue weighted by Crippen LogP contribution is 2.24. The van der Waals surface area contributed by atoms with Gasteiger partial charge in [0, 0.05) is 10.6 Å². The molecule has 0 saturated carbocycles. The summed E-state index contributed by atoms with van der Waals surface area (Å²) >= 11 is 7.48. The van der Waals surface area contributed by atoms with Crippen LogP contribution in [0.3, 0.4) is 0 Å². The van der Waals surface area contributed by atoms with Gasteiger partial charge >= 0.3 is 11.9 Å². The van der Waals surface area contributed by atoms with E-state index in [2.05, 4.69) is 15.2 Å². The number of nitrogens with zero attached hydrogens (tertiary/aromatic N) is 6. The highest BCUT2D eigenvalue weighted by Gasteiger charge is 2.39. The van der Waals surface area contributed by atoms with Gasteiger partial charge in [-0.25, -0.2) is 14.5 Å². The third-order valence-electron chi connectivity index (χ3n) is 3.88. The van der Waals surface area contributed by atoms with Crippen LogP contribution in [-0.2, 0) is 13.1 Å². The van der Waals surface area contributed by atoms with Crippen molar-refractivity contribution in [3.63, 3.8) is 0 Å². The molecule has 2 aromatic heterocycles. The minimum absolute atomic E-state index is 0.0102. The molecule has 3 N–H and O–H groups in total. The normalized spacial score (nSPS) is 12.9. The average Bonchev–Trinajstić information content (AvgIpc) is 3.16. The van der Waals surface area contributed by atoms with Gasteiger partial charge in [-0.1, -0.05) is 11.6 Å². The number of hydrogen-bond donors (Lipinski definition) is 2. The number of carbonyl (C=O) groups excluding carboxylic acids is 1. The number of hydrogen-bond acceptors (Lipinski definition) is 6. The first-order valence-corrected chi connectivity index (χ1v) is 9.42. The molecule has 160 valence electrons. The van der Waals surface area contributed by atoms with E-state index in [1.165, 1.54) is 24.3 Å². The molecule has 1 unspecified atom stereocenters. The van der Waals surface area contributed by atoms with Crippen LogP contribution in [0.4, 0.5) is 13.2 Å². The molecule has 10 nitrogen and oxygen atoms in total. The van der Waals surface area contributed by atoms with Gasteiger partial charge in [-0.2, -0.15) is 16.1 Å². The molecule has 0 aliphatic carbocycles. The Hall–Kier alpha value is -2.46. The van der Waals surface area contributed by atoms with E-state index in [1.54, 1.807) is 22.9 Å². The van der Waals surface area contributed by atoms with Gasteiger partial charge in [0.2, 0.25) is 5.82 Å². The van der Waals surface area contributed by atoms with Crippen molar-refractivity contribution >= 4 is 40.4 Å². The van der Waals surface area contributed by atoms with Crippen molar-refractivity contribution < 1.29 is 23.1 Å².